The summed E-state index contributed by atoms with van der Waals surface area (Å²) in [6.07, 6.45) is 0.363. The zero-order valence-electron chi connectivity index (χ0n) is 12.2. The molecular weight excluding hydrogens is 248 g/mol. The van der Waals surface area contributed by atoms with Crippen LogP contribution in [0.15, 0.2) is 48.5 Å². The van der Waals surface area contributed by atoms with Crippen LogP contribution in [0, 0.1) is 0 Å². The lowest BCUT2D eigenvalue weighted by atomic mass is 9.92. The van der Waals surface area contributed by atoms with Crippen LogP contribution in [0.2, 0.25) is 0 Å². The van der Waals surface area contributed by atoms with Crippen LogP contribution in [0.1, 0.15) is 32.0 Å². The normalized spacial score (nSPS) is 11.2. The zero-order chi connectivity index (χ0) is 14.6. The smallest absolute Gasteiger partial charge is 0.229 e. The standard InChI is InChI=1S/C17H20N2O/c1-17(2,3)14-10-7-11-15(18-14)19-16(20)12-13-8-5-4-6-9-13/h4-11H,12H2,1-3H3,(H,18,19,20). The van der Waals surface area contributed by atoms with Crippen molar-refractivity contribution in [1.29, 1.82) is 0 Å². The highest BCUT2D eigenvalue weighted by molar-refractivity contribution is 5.91. The van der Waals surface area contributed by atoms with Gasteiger partial charge < -0.3 is 5.32 Å². The molecule has 1 heterocycles. The maximum atomic E-state index is 12.0. The van der Waals surface area contributed by atoms with Gasteiger partial charge in [-0.05, 0) is 17.7 Å². The Morgan fingerprint density at radius 1 is 1.05 bits per heavy atom. The third kappa shape index (κ3) is 3.92. The number of anilines is 1. The van der Waals surface area contributed by atoms with Gasteiger partial charge in [-0.3, -0.25) is 4.79 Å². The summed E-state index contributed by atoms with van der Waals surface area (Å²) in [6.45, 7) is 6.31. The summed E-state index contributed by atoms with van der Waals surface area (Å²) in [6, 6.07) is 15.4. The molecule has 1 amide bonds. The maximum Gasteiger partial charge on any atom is 0.229 e. The van der Waals surface area contributed by atoms with Crippen LogP contribution < -0.4 is 5.32 Å². The minimum Gasteiger partial charge on any atom is -0.310 e. The number of benzene rings is 1. The van der Waals surface area contributed by atoms with Gasteiger partial charge in [-0.1, -0.05) is 57.2 Å². The fraction of sp³-hybridized carbons (Fsp3) is 0.294. The number of nitrogens with one attached hydrogen (secondary N) is 1. The molecule has 3 nitrogen and oxygen atoms in total. The van der Waals surface area contributed by atoms with E-state index in [9.17, 15) is 4.79 Å². The van der Waals surface area contributed by atoms with Gasteiger partial charge in [0.2, 0.25) is 5.91 Å². The third-order valence-electron chi connectivity index (χ3n) is 2.99. The maximum absolute atomic E-state index is 12.0. The molecule has 0 saturated heterocycles. The van der Waals surface area contributed by atoms with Crippen molar-refractivity contribution in [3.05, 3.63) is 59.8 Å². The third-order valence-corrected chi connectivity index (χ3v) is 2.99. The lowest BCUT2D eigenvalue weighted by Crippen LogP contribution is -2.18. The van der Waals surface area contributed by atoms with Crippen LogP contribution in [0.5, 0.6) is 0 Å². The Bertz CT molecular complexity index is 585. The molecule has 0 aliphatic rings. The average Bonchev–Trinajstić information content (AvgIpc) is 2.39. The van der Waals surface area contributed by atoms with Gasteiger partial charge in [0, 0.05) is 11.1 Å². The van der Waals surface area contributed by atoms with Crippen LogP contribution in [0.3, 0.4) is 0 Å². The predicted molar refractivity (Wildman–Crippen MR) is 81.7 cm³/mol. The first kappa shape index (κ1) is 14.3. The second-order valence-electron chi connectivity index (χ2n) is 5.87. The van der Waals surface area contributed by atoms with E-state index in [1.54, 1.807) is 0 Å². The fourth-order valence-electron chi connectivity index (χ4n) is 1.89. The summed E-state index contributed by atoms with van der Waals surface area (Å²) in [7, 11) is 0. The molecule has 104 valence electrons. The summed E-state index contributed by atoms with van der Waals surface area (Å²) < 4.78 is 0. The van der Waals surface area contributed by atoms with E-state index in [0.717, 1.165) is 11.3 Å². The largest absolute Gasteiger partial charge is 0.310 e. The number of carbonyl (C=O) groups is 1. The molecule has 0 spiro atoms. The van der Waals surface area contributed by atoms with E-state index in [4.69, 9.17) is 0 Å². The van der Waals surface area contributed by atoms with Crippen LogP contribution in [0.4, 0.5) is 5.82 Å². The van der Waals surface area contributed by atoms with E-state index in [2.05, 4.69) is 31.1 Å². The highest BCUT2D eigenvalue weighted by atomic mass is 16.1. The molecule has 0 atom stereocenters. The number of amides is 1. The summed E-state index contributed by atoms with van der Waals surface area (Å²) in [5, 5.41) is 2.85. The number of hydrogen-bond acceptors (Lipinski definition) is 2. The highest BCUT2D eigenvalue weighted by Crippen LogP contribution is 2.21. The van der Waals surface area contributed by atoms with E-state index < -0.39 is 0 Å². The fourth-order valence-corrected chi connectivity index (χ4v) is 1.89. The Labute approximate surface area is 120 Å². The van der Waals surface area contributed by atoms with Crippen molar-refractivity contribution in [2.75, 3.05) is 5.32 Å². The molecule has 0 aliphatic carbocycles. The minimum atomic E-state index is -0.0465. The first-order chi connectivity index (χ1) is 9.45. The predicted octanol–water partition coefficient (Wildman–Crippen LogP) is 3.56. The lowest BCUT2D eigenvalue weighted by molar-refractivity contribution is -0.115. The second-order valence-corrected chi connectivity index (χ2v) is 5.87. The molecule has 1 aromatic heterocycles. The number of carbonyl (C=O) groups excluding carboxylic acids is 1. The van der Waals surface area contributed by atoms with Gasteiger partial charge in [-0.2, -0.15) is 0 Å². The Hall–Kier alpha value is -2.16. The number of hydrogen-bond donors (Lipinski definition) is 1. The molecule has 2 rings (SSSR count). The molecule has 0 fully saturated rings. The summed E-state index contributed by atoms with van der Waals surface area (Å²) in [4.78, 5) is 16.5. The van der Waals surface area contributed by atoms with E-state index in [1.807, 2.05) is 48.5 Å². The van der Waals surface area contributed by atoms with Gasteiger partial charge in [-0.25, -0.2) is 4.98 Å². The molecule has 0 bridgehead atoms. The topological polar surface area (TPSA) is 42.0 Å². The van der Waals surface area contributed by atoms with Gasteiger partial charge in [0.05, 0.1) is 6.42 Å². The first-order valence-electron chi connectivity index (χ1n) is 6.76. The molecule has 20 heavy (non-hydrogen) atoms. The summed E-state index contributed by atoms with van der Waals surface area (Å²) in [5.74, 6) is 0.563. The Balaban J connectivity index is 2.05. The van der Waals surface area contributed by atoms with Crippen molar-refractivity contribution < 1.29 is 4.79 Å². The molecule has 0 radical (unpaired) electrons. The Morgan fingerprint density at radius 2 is 1.75 bits per heavy atom. The molecule has 0 aliphatic heterocycles. The van der Waals surface area contributed by atoms with Gasteiger partial charge in [0.15, 0.2) is 0 Å². The summed E-state index contributed by atoms with van der Waals surface area (Å²) in [5.41, 5.74) is 1.94. The van der Waals surface area contributed by atoms with E-state index in [-0.39, 0.29) is 11.3 Å². The zero-order valence-corrected chi connectivity index (χ0v) is 12.2. The van der Waals surface area contributed by atoms with Crippen molar-refractivity contribution in [1.82, 2.24) is 4.98 Å². The minimum absolute atomic E-state index is 0.0276. The van der Waals surface area contributed by atoms with Crippen molar-refractivity contribution in [2.45, 2.75) is 32.6 Å². The Kier molecular flexibility index (Phi) is 4.18. The SMILES string of the molecule is CC(C)(C)c1cccc(NC(=O)Cc2ccccc2)n1. The average molecular weight is 268 g/mol. The number of nitrogens with zero attached hydrogens (tertiary/aromatic N) is 1. The lowest BCUT2D eigenvalue weighted by Gasteiger charge is -2.18. The number of pyridine rings is 1. The van der Waals surface area contributed by atoms with Crippen LogP contribution >= 0.6 is 0 Å². The highest BCUT2D eigenvalue weighted by Gasteiger charge is 2.15. The van der Waals surface area contributed by atoms with Crippen LogP contribution in [0.25, 0.3) is 0 Å². The molecule has 3 heteroatoms. The molecule has 0 unspecified atom stereocenters. The first-order valence-corrected chi connectivity index (χ1v) is 6.76. The monoisotopic (exact) mass is 268 g/mol. The van der Waals surface area contributed by atoms with Crippen LogP contribution in [-0.2, 0) is 16.6 Å². The molecule has 1 N–H and O–H groups in total. The van der Waals surface area contributed by atoms with Crippen molar-refractivity contribution in [3.8, 4) is 0 Å². The van der Waals surface area contributed by atoms with Crippen molar-refractivity contribution in [3.63, 3.8) is 0 Å². The van der Waals surface area contributed by atoms with E-state index in [1.165, 1.54) is 0 Å². The van der Waals surface area contributed by atoms with E-state index in [0.29, 0.717) is 12.2 Å². The second kappa shape index (κ2) is 5.87. The van der Waals surface area contributed by atoms with Crippen molar-refractivity contribution in [2.24, 2.45) is 0 Å². The van der Waals surface area contributed by atoms with Crippen molar-refractivity contribution >= 4 is 11.7 Å². The molecule has 2 aromatic rings. The van der Waals surface area contributed by atoms with Gasteiger partial charge in [0.25, 0.3) is 0 Å². The quantitative estimate of drug-likeness (QED) is 0.924. The summed E-state index contributed by atoms with van der Waals surface area (Å²) >= 11 is 0. The van der Waals surface area contributed by atoms with Crippen LogP contribution in [-0.4, -0.2) is 10.9 Å². The van der Waals surface area contributed by atoms with Gasteiger partial charge in [0.1, 0.15) is 5.82 Å². The Morgan fingerprint density at radius 3 is 2.40 bits per heavy atom. The van der Waals surface area contributed by atoms with Gasteiger partial charge >= 0.3 is 0 Å². The molecule has 0 saturated carbocycles. The van der Waals surface area contributed by atoms with E-state index >= 15 is 0 Å². The number of aromatic nitrogens is 1. The molecular formula is C17H20N2O. The van der Waals surface area contributed by atoms with Gasteiger partial charge in [-0.15, -0.1) is 0 Å². The number of rotatable bonds is 3. The molecule has 1 aromatic carbocycles.